The largest absolute Gasteiger partial charge is 0.356 e. The van der Waals surface area contributed by atoms with Crippen molar-refractivity contribution in [2.24, 2.45) is 11.8 Å². The van der Waals surface area contributed by atoms with E-state index in [1.165, 1.54) is 10.6 Å². The van der Waals surface area contributed by atoms with E-state index >= 15 is 0 Å². The number of hydrogen-bond donors (Lipinski definition) is 1. The Balaban J connectivity index is 1.45. The predicted octanol–water partition coefficient (Wildman–Crippen LogP) is 0.481. The third-order valence-corrected chi connectivity index (χ3v) is 6.54. The number of rotatable bonds is 5. The van der Waals surface area contributed by atoms with E-state index < -0.39 is 10.0 Å². The maximum Gasteiger partial charge on any atom is 0.225 e. The lowest BCUT2D eigenvalue weighted by molar-refractivity contribution is -0.125. The van der Waals surface area contributed by atoms with Crippen molar-refractivity contribution in [2.45, 2.75) is 25.7 Å². The molecule has 26 heavy (non-hydrogen) atoms. The van der Waals surface area contributed by atoms with Crippen LogP contribution in [0.3, 0.4) is 0 Å². The summed E-state index contributed by atoms with van der Waals surface area (Å²) in [6.07, 6.45) is 8.10. The molecular formula is C17H27N5O3S. The summed E-state index contributed by atoms with van der Waals surface area (Å²) in [5.74, 6) is 1.05. The van der Waals surface area contributed by atoms with Gasteiger partial charge in [-0.05, 0) is 37.7 Å². The smallest absolute Gasteiger partial charge is 0.225 e. The fraction of sp³-hybridized carbons (Fsp3) is 0.706. The second-order valence-corrected chi connectivity index (χ2v) is 9.17. The average molecular weight is 382 g/mol. The highest BCUT2D eigenvalue weighted by Gasteiger charge is 2.29. The number of nitrogens with one attached hydrogen (secondary N) is 1. The van der Waals surface area contributed by atoms with Crippen LogP contribution in [-0.4, -0.2) is 67.6 Å². The number of carbonyl (C=O) groups is 1. The van der Waals surface area contributed by atoms with Gasteiger partial charge in [0.05, 0.1) is 12.2 Å². The van der Waals surface area contributed by atoms with E-state index in [2.05, 4.69) is 20.2 Å². The molecule has 2 saturated heterocycles. The van der Waals surface area contributed by atoms with E-state index in [1.54, 1.807) is 18.5 Å². The van der Waals surface area contributed by atoms with Gasteiger partial charge in [0, 0.05) is 45.1 Å². The Hall–Kier alpha value is -1.74. The Kier molecular flexibility index (Phi) is 6.08. The lowest BCUT2D eigenvalue weighted by Crippen LogP contribution is -2.46. The van der Waals surface area contributed by atoms with Gasteiger partial charge in [-0.25, -0.2) is 22.7 Å². The monoisotopic (exact) mass is 381 g/mol. The number of aromatic nitrogens is 2. The first-order chi connectivity index (χ1) is 12.4. The maximum absolute atomic E-state index is 12.6. The van der Waals surface area contributed by atoms with Crippen molar-refractivity contribution in [1.29, 1.82) is 0 Å². The molecule has 1 atom stereocenters. The molecule has 0 aliphatic carbocycles. The number of piperidine rings is 2. The lowest BCUT2D eigenvalue weighted by Gasteiger charge is -2.33. The first-order valence-corrected chi connectivity index (χ1v) is 11.0. The molecule has 3 rings (SSSR count). The van der Waals surface area contributed by atoms with Crippen LogP contribution in [0.15, 0.2) is 18.5 Å². The Labute approximate surface area is 155 Å². The molecule has 8 nitrogen and oxygen atoms in total. The van der Waals surface area contributed by atoms with Gasteiger partial charge in [-0.15, -0.1) is 0 Å². The van der Waals surface area contributed by atoms with Crippen LogP contribution in [0.4, 0.5) is 5.95 Å². The van der Waals surface area contributed by atoms with Crippen molar-refractivity contribution >= 4 is 21.9 Å². The first-order valence-electron chi connectivity index (χ1n) is 9.18. The van der Waals surface area contributed by atoms with Gasteiger partial charge in [-0.2, -0.15) is 0 Å². The van der Waals surface area contributed by atoms with Crippen molar-refractivity contribution in [3.63, 3.8) is 0 Å². The predicted molar refractivity (Wildman–Crippen MR) is 99.1 cm³/mol. The van der Waals surface area contributed by atoms with Gasteiger partial charge in [-0.1, -0.05) is 0 Å². The molecule has 1 N–H and O–H groups in total. The number of carbonyl (C=O) groups excluding carboxylic acids is 1. The van der Waals surface area contributed by atoms with Crippen molar-refractivity contribution in [1.82, 2.24) is 19.6 Å². The highest BCUT2D eigenvalue weighted by Crippen LogP contribution is 2.21. The Morgan fingerprint density at radius 3 is 2.54 bits per heavy atom. The molecule has 0 saturated carbocycles. The zero-order valence-electron chi connectivity index (χ0n) is 15.2. The number of sulfonamides is 1. The number of amides is 1. The normalized spacial score (nSPS) is 23.0. The van der Waals surface area contributed by atoms with Crippen LogP contribution in [0, 0.1) is 11.8 Å². The van der Waals surface area contributed by atoms with E-state index in [0.717, 1.165) is 32.2 Å². The molecule has 1 unspecified atom stereocenters. The molecular weight excluding hydrogens is 354 g/mol. The minimum Gasteiger partial charge on any atom is -0.356 e. The van der Waals surface area contributed by atoms with Crippen molar-refractivity contribution in [3.05, 3.63) is 18.5 Å². The standard InChI is InChI=1S/C17H27N5O3S/c1-26(24,25)22-10-5-14(6-11-22)12-20-16(23)15-4-2-9-21(13-15)17-18-7-3-8-19-17/h3,7-8,14-15H,2,4-6,9-13H2,1H3,(H,20,23). The van der Waals surface area contributed by atoms with Crippen LogP contribution in [0.2, 0.25) is 0 Å². The first kappa shape index (κ1) is 19.0. The van der Waals surface area contributed by atoms with E-state index in [-0.39, 0.29) is 11.8 Å². The molecule has 0 radical (unpaired) electrons. The molecule has 1 amide bonds. The molecule has 2 aliphatic rings. The molecule has 1 aromatic rings. The number of anilines is 1. The summed E-state index contributed by atoms with van der Waals surface area (Å²) in [6, 6.07) is 1.78. The van der Waals surface area contributed by atoms with Crippen molar-refractivity contribution in [2.75, 3.05) is 43.9 Å². The lowest BCUT2D eigenvalue weighted by atomic mass is 9.95. The van der Waals surface area contributed by atoms with Gasteiger partial charge >= 0.3 is 0 Å². The zero-order valence-corrected chi connectivity index (χ0v) is 16.0. The number of hydrogen-bond acceptors (Lipinski definition) is 6. The van der Waals surface area contributed by atoms with E-state index in [1.807, 2.05) is 0 Å². The molecule has 2 fully saturated rings. The number of nitrogens with zero attached hydrogens (tertiary/aromatic N) is 4. The summed E-state index contributed by atoms with van der Waals surface area (Å²) in [7, 11) is -3.10. The van der Waals surface area contributed by atoms with Gasteiger partial charge in [0.15, 0.2) is 0 Å². The summed E-state index contributed by atoms with van der Waals surface area (Å²) in [6.45, 7) is 3.22. The van der Waals surface area contributed by atoms with Crippen LogP contribution >= 0.6 is 0 Å². The summed E-state index contributed by atoms with van der Waals surface area (Å²) >= 11 is 0. The van der Waals surface area contributed by atoms with E-state index in [0.29, 0.717) is 38.0 Å². The molecule has 0 bridgehead atoms. The van der Waals surface area contributed by atoms with Gasteiger partial charge in [-0.3, -0.25) is 4.79 Å². The Morgan fingerprint density at radius 2 is 1.88 bits per heavy atom. The topological polar surface area (TPSA) is 95.5 Å². The second-order valence-electron chi connectivity index (χ2n) is 7.18. The minimum atomic E-state index is -3.10. The van der Waals surface area contributed by atoms with Crippen molar-refractivity contribution < 1.29 is 13.2 Å². The SMILES string of the molecule is CS(=O)(=O)N1CCC(CNC(=O)C2CCCN(c3ncccn3)C2)CC1. The van der Waals surface area contributed by atoms with Gasteiger partial charge < -0.3 is 10.2 Å². The van der Waals surface area contributed by atoms with Crippen LogP contribution < -0.4 is 10.2 Å². The van der Waals surface area contributed by atoms with E-state index in [9.17, 15) is 13.2 Å². The quantitative estimate of drug-likeness (QED) is 0.797. The minimum absolute atomic E-state index is 0.0522. The van der Waals surface area contributed by atoms with Crippen LogP contribution in [-0.2, 0) is 14.8 Å². The van der Waals surface area contributed by atoms with Gasteiger partial charge in [0.25, 0.3) is 0 Å². The fourth-order valence-electron chi connectivity index (χ4n) is 3.66. The fourth-order valence-corrected chi connectivity index (χ4v) is 4.54. The van der Waals surface area contributed by atoms with Gasteiger partial charge in [0.1, 0.15) is 0 Å². The van der Waals surface area contributed by atoms with Crippen LogP contribution in [0.25, 0.3) is 0 Å². The molecule has 2 aliphatic heterocycles. The summed E-state index contributed by atoms with van der Waals surface area (Å²) in [5, 5.41) is 3.07. The van der Waals surface area contributed by atoms with E-state index in [4.69, 9.17) is 0 Å². The highest BCUT2D eigenvalue weighted by molar-refractivity contribution is 7.88. The summed E-state index contributed by atoms with van der Waals surface area (Å²) in [5.41, 5.74) is 0. The third kappa shape index (κ3) is 4.91. The molecule has 9 heteroatoms. The van der Waals surface area contributed by atoms with Gasteiger partial charge in [0.2, 0.25) is 21.9 Å². The maximum atomic E-state index is 12.6. The summed E-state index contributed by atoms with van der Waals surface area (Å²) in [4.78, 5) is 23.2. The van der Waals surface area contributed by atoms with Crippen molar-refractivity contribution in [3.8, 4) is 0 Å². The highest BCUT2D eigenvalue weighted by atomic mass is 32.2. The Morgan fingerprint density at radius 1 is 1.19 bits per heavy atom. The Bertz CT molecular complexity index is 704. The molecule has 0 aromatic carbocycles. The second kappa shape index (κ2) is 8.30. The molecule has 144 valence electrons. The van der Waals surface area contributed by atoms with Crippen LogP contribution in [0.5, 0.6) is 0 Å². The molecule has 1 aromatic heterocycles. The van der Waals surface area contributed by atoms with Crippen LogP contribution in [0.1, 0.15) is 25.7 Å². The summed E-state index contributed by atoms with van der Waals surface area (Å²) < 4.78 is 24.6. The molecule has 0 spiro atoms. The molecule has 3 heterocycles. The third-order valence-electron chi connectivity index (χ3n) is 5.23. The average Bonchev–Trinajstić information content (AvgIpc) is 2.66. The zero-order chi connectivity index (χ0) is 18.6.